The van der Waals surface area contributed by atoms with E-state index in [1.165, 1.54) is 14.2 Å². The van der Waals surface area contributed by atoms with Gasteiger partial charge < -0.3 is 15.2 Å². The number of methoxy groups -OCH3 is 2. The summed E-state index contributed by atoms with van der Waals surface area (Å²) in [5.74, 6) is 0.474. The number of nitrogens with zero attached hydrogens (tertiary/aromatic N) is 2. The first-order chi connectivity index (χ1) is 8.65. The molecule has 0 unspecified atom stereocenters. The van der Waals surface area contributed by atoms with Crippen molar-refractivity contribution in [1.29, 1.82) is 0 Å². The molecule has 2 rings (SSSR count). The Hall–Kier alpha value is -2.37. The lowest BCUT2D eigenvalue weighted by atomic mass is 10.1. The predicted molar refractivity (Wildman–Crippen MR) is 64.9 cm³/mol. The van der Waals surface area contributed by atoms with Gasteiger partial charge >= 0.3 is 0 Å². The Labute approximate surface area is 103 Å². The molecule has 0 aliphatic rings. The molecule has 6 heteroatoms. The number of benzene rings is 1. The van der Waals surface area contributed by atoms with Gasteiger partial charge in [0.1, 0.15) is 17.2 Å². The van der Waals surface area contributed by atoms with Crippen LogP contribution in [0, 0.1) is 5.82 Å². The Bertz CT molecular complexity index is 575. The van der Waals surface area contributed by atoms with E-state index >= 15 is 0 Å². The van der Waals surface area contributed by atoms with Gasteiger partial charge in [0.25, 0.3) is 0 Å². The second-order valence-corrected chi connectivity index (χ2v) is 3.49. The minimum atomic E-state index is -0.573. The Morgan fingerprint density at radius 1 is 1.22 bits per heavy atom. The monoisotopic (exact) mass is 249 g/mol. The fraction of sp³-hybridized carbons (Fsp3) is 0.167. The van der Waals surface area contributed by atoms with Gasteiger partial charge in [-0.2, -0.15) is 0 Å². The molecule has 0 amide bonds. The lowest BCUT2D eigenvalue weighted by molar-refractivity contribution is 0.404. The van der Waals surface area contributed by atoms with Gasteiger partial charge in [-0.05, 0) is 18.2 Å². The molecule has 0 radical (unpaired) electrons. The highest BCUT2D eigenvalue weighted by molar-refractivity contribution is 5.70. The standard InChI is InChI=1S/C12H12FN3O2/c1-17-7-3-4-10(18-2)8(5-7)11-9(13)6-15-12(14)16-11/h3-6H,1-2H3,(H2,14,15,16). The van der Waals surface area contributed by atoms with E-state index in [4.69, 9.17) is 15.2 Å². The fourth-order valence-electron chi connectivity index (χ4n) is 1.57. The number of rotatable bonds is 3. The van der Waals surface area contributed by atoms with Gasteiger partial charge in [0.2, 0.25) is 5.95 Å². The summed E-state index contributed by atoms with van der Waals surface area (Å²) in [7, 11) is 3.02. The number of hydrogen-bond donors (Lipinski definition) is 1. The minimum Gasteiger partial charge on any atom is -0.497 e. The van der Waals surface area contributed by atoms with Crippen molar-refractivity contribution < 1.29 is 13.9 Å². The van der Waals surface area contributed by atoms with Crippen molar-refractivity contribution in [3.8, 4) is 22.8 Å². The van der Waals surface area contributed by atoms with Crippen molar-refractivity contribution in [2.24, 2.45) is 0 Å². The molecule has 0 bridgehead atoms. The molecular weight excluding hydrogens is 237 g/mol. The quantitative estimate of drug-likeness (QED) is 0.899. The second-order valence-electron chi connectivity index (χ2n) is 3.49. The van der Waals surface area contributed by atoms with E-state index in [1.807, 2.05) is 0 Å². The van der Waals surface area contributed by atoms with E-state index in [-0.39, 0.29) is 11.6 Å². The van der Waals surface area contributed by atoms with Crippen molar-refractivity contribution in [3.63, 3.8) is 0 Å². The fourth-order valence-corrected chi connectivity index (χ4v) is 1.57. The maximum atomic E-state index is 13.7. The lowest BCUT2D eigenvalue weighted by Crippen LogP contribution is -2.00. The number of nitrogen functional groups attached to an aromatic ring is 1. The van der Waals surface area contributed by atoms with E-state index in [9.17, 15) is 4.39 Å². The molecule has 94 valence electrons. The normalized spacial score (nSPS) is 10.2. The summed E-state index contributed by atoms with van der Waals surface area (Å²) in [6, 6.07) is 5.01. The molecule has 2 N–H and O–H groups in total. The molecule has 18 heavy (non-hydrogen) atoms. The Morgan fingerprint density at radius 2 is 2.00 bits per heavy atom. The third kappa shape index (κ3) is 2.17. The maximum absolute atomic E-state index is 13.7. The third-order valence-corrected chi connectivity index (χ3v) is 2.42. The Morgan fingerprint density at radius 3 is 2.67 bits per heavy atom. The second kappa shape index (κ2) is 4.87. The van der Waals surface area contributed by atoms with Crippen LogP contribution in [0.1, 0.15) is 0 Å². The van der Waals surface area contributed by atoms with E-state index in [2.05, 4.69) is 9.97 Å². The molecule has 2 aromatic rings. The van der Waals surface area contributed by atoms with Crippen LogP contribution in [0.3, 0.4) is 0 Å². The van der Waals surface area contributed by atoms with Gasteiger partial charge in [-0.25, -0.2) is 14.4 Å². The summed E-state index contributed by atoms with van der Waals surface area (Å²) >= 11 is 0. The SMILES string of the molecule is COc1ccc(OC)c(-c2nc(N)ncc2F)c1. The Kier molecular flexibility index (Phi) is 3.27. The molecule has 0 saturated heterocycles. The molecule has 5 nitrogen and oxygen atoms in total. The van der Waals surface area contributed by atoms with Crippen LogP contribution in [0.5, 0.6) is 11.5 Å². The van der Waals surface area contributed by atoms with Gasteiger partial charge in [0.05, 0.1) is 20.4 Å². The molecule has 1 aromatic carbocycles. The van der Waals surface area contributed by atoms with Crippen molar-refractivity contribution in [1.82, 2.24) is 9.97 Å². The molecule has 0 aliphatic heterocycles. The summed E-state index contributed by atoms with van der Waals surface area (Å²) in [4.78, 5) is 7.47. The molecule has 1 aromatic heterocycles. The number of aromatic nitrogens is 2. The Balaban J connectivity index is 2.64. The zero-order valence-electron chi connectivity index (χ0n) is 9.98. The zero-order valence-corrected chi connectivity index (χ0v) is 9.98. The van der Waals surface area contributed by atoms with Crippen molar-refractivity contribution in [3.05, 3.63) is 30.2 Å². The highest BCUT2D eigenvalue weighted by atomic mass is 19.1. The lowest BCUT2D eigenvalue weighted by Gasteiger charge is -2.10. The number of anilines is 1. The minimum absolute atomic E-state index is 0.00345. The summed E-state index contributed by atoms with van der Waals surface area (Å²) in [5, 5.41) is 0. The van der Waals surface area contributed by atoms with Crippen LogP contribution in [0.15, 0.2) is 24.4 Å². The van der Waals surface area contributed by atoms with E-state index in [1.54, 1.807) is 18.2 Å². The highest BCUT2D eigenvalue weighted by Crippen LogP contribution is 2.33. The van der Waals surface area contributed by atoms with Gasteiger partial charge in [0.15, 0.2) is 5.82 Å². The first-order valence-electron chi connectivity index (χ1n) is 5.16. The number of hydrogen-bond acceptors (Lipinski definition) is 5. The van der Waals surface area contributed by atoms with Crippen LogP contribution >= 0.6 is 0 Å². The first-order valence-corrected chi connectivity index (χ1v) is 5.16. The van der Waals surface area contributed by atoms with Crippen molar-refractivity contribution in [2.45, 2.75) is 0 Å². The van der Waals surface area contributed by atoms with Crippen LogP contribution in [-0.2, 0) is 0 Å². The van der Waals surface area contributed by atoms with Crippen molar-refractivity contribution in [2.75, 3.05) is 20.0 Å². The number of halogens is 1. The number of nitrogens with two attached hydrogens (primary N) is 1. The van der Waals surface area contributed by atoms with Crippen molar-refractivity contribution >= 4 is 5.95 Å². The predicted octanol–water partition coefficient (Wildman–Crippen LogP) is 1.88. The zero-order chi connectivity index (χ0) is 13.1. The molecule has 0 spiro atoms. The van der Waals surface area contributed by atoms with Gasteiger partial charge in [-0.3, -0.25) is 0 Å². The first kappa shape index (κ1) is 12.1. The number of ether oxygens (including phenoxy) is 2. The van der Waals surface area contributed by atoms with Gasteiger partial charge in [-0.15, -0.1) is 0 Å². The van der Waals surface area contributed by atoms with Crippen LogP contribution in [0.2, 0.25) is 0 Å². The highest BCUT2D eigenvalue weighted by Gasteiger charge is 2.14. The molecule has 1 heterocycles. The van der Waals surface area contributed by atoms with Gasteiger partial charge in [0, 0.05) is 5.56 Å². The van der Waals surface area contributed by atoms with E-state index in [0.717, 1.165) is 6.20 Å². The van der Waals surface area contributed by atoms with Crippen LogP contribution in [0.4, 0.5) is 10.3 Å². The summed E-state index contributed by atoms with van der Waals surface area (Å²) < 4.78 is 24.0. The largest absolute Gasteiger partial charge is 0.497 e. The molecule has 0 saturated carbocycles. The van der Waals surface area contributed by atoms with Gasteiger partial charge in [-0.1, -0.05) is 0 Å². The molecular formula is C12H12FN3O2. The third-order valence-electron chi connectivity index (χ3n) is 2.42. The van der Waals surface area contributed by atoms with E-state index in [0.29, 0.717) is 17.1 Å². The summed E-state index contributed by atoms with van der Waals surface area (Å²) in [5.41, 5.74) is 6.01. The smallest absolute Gasteiger partial charge is 0.220 e. The van der Waals surface area contributed by atoms with Crippen LogP contribution < -0.4 is 15.2 Å². The molecule has 0 fully saturated rings. The maximum Gasteiger partial charge on any atom is 0.220 e. The van der Waals surface area contributed by atoms with Crippen LogP contribution in [0.25, 0.3) is 11.3 Å². The summed E-state index contributed by atoms with van der Waals surface area (Å²) in [6.45, 7) is 0. The average Bonchev–Trinajstić information content (AvgIpc) is 2.40. The molecule has 0 atom stereocenters. The average molecular weight is 249 g/mol. The van der Waals surface area contributed by atoms with Crippen LogP contribution in [-0.4, -0.2) is 24.2 Å². The van der Waals surface area contributed by atoms with E-state index < -0.39 is 5.82 Å². The summed E-state index contributed by atoms with van der Waals surface area (Å²) in [6.07, 6.45) is 1.02. The molecule has 0 aliphatic carbocycles. The topological polar surface area (TPSA) is 70.3 Å².